The van der Waals surface area contributed by atoms with E-state index in [1.54, 1.807) is 7.11 Å². The van der Waals surface area contributed by atoms with Crippen LogP contribution in [0.4, 0.5) is 0 Å². The van der Waals surface area contributed by atoms with Gasteiger partial charge >= 0.3 is 0 Å². The van der Waals surface area contributed by atoms with Gasteiger partial charge in [-0.3, -0.25) is 4.79 Å². The van der Waals surface area contributed by atoms with Gasteiger partial charge in [0.25, 0.3) is 0 Å². The van der Waals surface area contributed by atoms with Gasteiger partial charge in [0.15, 0.2) is 0 Å². The quantitative estimate of drug-likeness (QED) is 0.661. The number of hydrogen-bond donors (Lipinski definition) is 0. The number of hydrogen-bond acceptors (Lipinski definition) is 3. The van der Waals surface area contributed by atoms with Crippen LogP contribution in [0.2, 0.25) is 0 Å². The van der Waals surface area contributed by atoms with Crippen LogP contribution in [0.1, 0.15) is 21.5 Å². The monoisotopic (exact) mass is 280 g/mol. The third-order valence-electron chi connectivity index (χ3n) is 3.66. The number of carbonyl (C=O) groups is 1. The first-order chi connectivity index (χ1) is 10.1. The molecule has 0 unspecified atom stereocenters. The lowest BCUT2D eigenvalue weighted by Gasteiger charge is -2.05. The Morgan fingerprint density at radius 1 is 1.05 bits per heavy atom. The maximum Gasteiger partial charge on any atom is 0.150 e. The molecule has 106 valence electrons. The van der Waals surface area contributed by atoms with E-state index in [9.17, 15) is 4.79 Å². The summed E-state index contributed by atoms with van der Waals surface area (Å²) in [6.45, 7) is 3.97. The SMILES string of the molecule is COc1ccc(-c2cc3cc(C=O)cc(C)c3o2)c(C)c1. The van der Waals surface area contributed by atoms with Crippen LogP contribution in [0.15, 0.2) is 40.8 Å². The largest absolute Gasteiger partial charge is 0.497 e. The number of methoxy groups -OCH3 is 1. The van der Waals surface area contributed by atoms with E-state index in [0.717, 1.165) is 45.5 Å². The van der Waals surface area contributed by atoms with E-state index in [1.807, 2.05) is 50.2 Å². The van der Waals surface area contributed by atoms with E-state index >= 15 is 0 Å². The molecule has 0 aliphatic carbocycles. The van der Waals surface area contributed by atoms with Crippen LogP contribution in [0.25, 0.3) is 22.3 Å². The molecule has 0 atom stereocenters. The van der Waals surface area contributed by atoms with Crippen molar-refractivity contribution >= 4 is 17.3 Å². The summed E-state index contributed by atoms with van der Waals surface area (Å²) in [5.41, 5.74) is 4.57. The molecule has 0 spiro atoms. The summed E-state index contributed by atoms with van der Waals surface area (Å²) < 4.78 is 11.2. The molecule has 0 aliphatic rings. The van der Waals surface area contributed by atoms with Crippen LogP contribution >= 0.6 is 0 Å². The third-order valence-corrected chi connectivity index (χ3v) is 3.66. The normalized spacial score (nSPS) is 10.8. The van der Waals surface area contributed by atoms with Crippen molar-refractivity contribution in [1.82, 2.24) is 0 Å². The molecule has 0 radical (unpaired) electrons. The Kier molecular flexibility index (Phi) is 3.26. The predicted octanol–water partition coefficient (Wildman–Crippen LogP) is 4.54. The predicted molar refractivity (Wildman–Crippen MR) is 83.1 cm³/mol. The van der Waals surface area contributed by atoms with Crippen molar-refractivity contribution in [2.24, 2.45) is 0 Å². The van der Waals surface area contributed by atoms with Crippen LogP contribution in [-0.2, 0) is 0 Å². The van der Waals surface area contributed by atoms with Crippen LogP contribution < -0.4 is 4.74 Å². The van der Waals surface area contributed by atoms with Crippen LogP contribution in [-0.4, -0.2) is 13.4 Å². The number of ether oxygens (including phenoxy) is 1. The van der Waals surface area contributed by atoms with Crippen LogP contribution in [0, 0.1) is 13.8 Å². The highest BCUT2D eigenvalue weighted by atomic mass is 16.5. The lowest BCUT2D eigenvalue weighted by Crippen LogP contribution is -1.86. The summed E-state index contributed by atoms with van der Waals surface area (Å²) in [7, 11) is 1.65. The van der Waals surface area contributed by atoms with Gasteiger partial charge in [0.2, 0.25) is 0 Å². The number of benzene rings is 2. The van der Waals surface area contributed by atoms with Crippen molar-refractivity contribution in [3.05, 3.63) is 53.1 Å². The standard InChI is InChI=1S/C18H16O3/c1-11-7-15(20-3)4-5-16(11)17-9-14-8-13(10-19)6-12(2)18(14)21-17/h4-10H,1-3H3. The fourth-order valence-corrected chi connectivity index (χ4v) is 2.60. The number of rotatable bonds is 3. The maximum atomic E-state index is 11.0. The highest BCUT2D eigenvalue weighted by molar-refractivity contribution is 5.91. The smallest absolute Gasteiger partial charge is 0.150 e. The van der Waals surface area contributed by atoms with Gasteiger partial charge in [-0.05, 0) is 61.4 Å². The molecule has 3 rings (SSSR count). The van der Waals surface area contributed by atoms with Gasteiger partial charge in [0.1, 0.15) is 23.4 Å². The molecule has 3 heteroatoms. The molecule has 1 heterocycles. The first-order valence-electron chi connectivity index (χ1n) is 6.77. The second-order valence-electron chi connectivity index (χ2n) is 5.17. The molecule has 0 fully saturated rings. The summed E-state index contributed by atoms with van der Waals surface area (Å²) >= 11 is 0. The first kappa shape index (κ1) is 13.4. The van der Waals surface area contributed by atoms with Crippen LogP contribution in [0.5, 0.6) is 5.75 Å². The number of aldehydes is 1. The average Bonchev–Trinajstić information content (AvgIpc) is 2.91. The molecule has 0 N–H and O–H groups in total. The summed E-state index contributed by atoms with van der Waals surface area (Å²) in [6, 6.07) is 11.5. The molecular formula is C18H16O3. The van der Waals surface area contributed by atoms with Gasteiger partial charge in [-0.25, -0.2) is 0 Å². The summed E-state index contributed by atoms with van der Waals surface area (Å²) in [5.74, 6) is 1.63. The minimum absolute atomic E-state index is 0.666. The Labute approximate surface area is 123 Å². The van der Waals surface area contributed by atoms with Gasteiger partial charge in [-0.2, -0.15) is 0 Å². The van der Waals surface area contributed by atoms with Crippen molar-refractivity contribution in [3.8, 4) is 17.1 Å². The molecule has 1 aromatic heterocycles. The molecule has 0 bridgehead atoms. The highest BCUT2D eigenvalue weighted by Crippen LogP contribution is 2.33. The molecule has 0 saturated carbocycles. The van der Waals surface area contributed by atoms with E-state index in [-0.39, 0.29) is 0 Å². The van der Waals surface area contributed by atoms with Crippen molar-refractivity contribution < 1.29 is 13.9 Å². The Morgan fingerprint density at radius 2 is 1.86 bits per heavy atom. The topological polar surface area (TPSA) is 39.4 Å². The average molecular weight is 280 g/mol. The molecule has 3 aromatic rings. The minimum atomic E-state index is 0.666. The van der Waals surface area contributed by atoms with Crippen LogP contribution in [0.3, 0.4) is 0 Å². The number of fused-ring (bicyclic) bond motifs is 1. The summed E-state index contributed by atoms with van der Waals surface area (Å²) in [6.07, 6.45) is 0.859. The molecule has 0 aliphatic heterocycles. The highest BCUT2D eigenvalue weighted by Gasteiger charge is 2.12. The Morgan fingerprint density at radius 3 is 2.52 bits per heavy atom. The van der Waals surface area contributed by atoms with Gasteiger partial charge in [0, 0.05) is 16.5 Å². The molecular weight excluding hydrogens is 264 g/mol. The van der Waals surface area contributed by atoms with Gasteiger partial charge in [-0.15, -0.1) is 0 Å². The number of furan rings is 1. The number of carbonyl (C=O) groups excluding carboxylic acids is 1. The fraction of sp³-hybridized carbons (Fsp3) is 0.167. The van der Waals surface area contributed by atoms with Gasteiger partial charge in [0.05, 0.1) is 7.11 Å². The Hall–Kier alpha value is -2.55. The minimum Gasteiger partial charge on any atom is -0.497 e. The van der Waals surface area contributed by atoms with Crippen molar-refractivity contribution in [2.45, 2.75) is 13.8 Å². The van der Waals surface area contributed by atoms with Crippen molar-refractivity contribution in [2.75, 3.05) is 7.11 Å². The van der Waals surface area contributed by atoms with E-state index in [1.165, 1.54) is 0 Å². The zero-order valence-corrected chi connectivity index (χ0v) is 12.3. The zero-order chi connectivity index (χ0) is 15.0. The van der Waals surface area contributed by atoms with E-state index in [4.69, 9.17) is 9.15 Å². The lowest BCUT2D eigenvalue weighted by atomic mass is 10.0. The summed E-state index contributed by atoms with van der Waals surface area (Å²) in [4.78, 5) is 11.0. The second kappa shape index (κ2) is 5.09. The molecule has 3 nitrogen and oxygen atoms in total. The van der Waals surface area contributed by atoms with Gasteiger partial charge < -0.3 is 9.15 Å². The van der Waals surface area contributed by atoms with E-state index < -0.39 is 0 Å². The lowest BCUT2D eigenvalue weighted by molar-refractivity contribution is 0.112. The molecule has 0 saturated heterocycles. The molecule has 2 aromatic carbocycles. The van der Waals surface area contributed by atoms with Crippen molar-refractivity contribution in [1.29, 1.82) is 0 Å². The molecule has 0 amide bonds. The first-order valence-corrected chi connectivity index (χ1v) is 6.77. The fourth-order valence-electron chi connectivity index (χ4n) is 2.60. The van der Waals surface area contributed by atoms with Gasteiger partial charge in [-0.1, -0.05) is 0 Å². The van der Waals surface area contributed by atoms with Crippen molar-refractivity contribution in [3.63, 3.8) is 0 Å². The van der Waals surface area contributed by atoms with E-state index in [0.29, 0.717) is 5.56 Å². The molecule has 21 heavy (non-hydrogen) atoms. The van der Waals surface area contributed by atoms with E-state index in [2.05, 4.69) is 0 Å². The Balaban J connectivity index is 2.17. The second-order valence-corrected chi connectivity index (χ2v) is 5.17. The summed E-state index contributed by atoms with van der Waals surface area (Å²) in [5, 5.41) is 0.947. The third kappa shape index (κ3) is 2.31. The Bertz CT molecular complexity index is 828. The zero-order valence-electron chi connectivity index (χ0n) is 12.3. The maximum absolute atomic E-state index is 11.0. The number of aryl methyl sites for hydroxylation is 2.